The lowest BCUT2D eigenvalue weighted by molar-refractivity contribution is 0.280. The van der Waals surface area contributed by atoms with Gasteiger partial charge in [-0.3, -0.25) is 0 Å². The second-order valence-electron chi connectivity index (χ2n) is 3.94. The van der Waals surface area contributed by atoms with Crippen LogP contribution < -0.4 is 0 Å². The van der Waals surface area contributed by atoms with Gasteiger partial charge < -0.3 is 5.11 Å². The highest BCUT2D eigenvalue weighted by Crippen LogP contribution is 2.25. The van der Waals surface area contributed by atoms with Gasteiger partial charge in [0.15, 0.2) is 0 Å². The molecule has 1 aromatic carbocycles. The van der Waals surface area contributed by atoms with Gasteiger partial charge in [0.05, 0.1) is 6.61 Å². The maximum absolute atomic E-state index is 9.52. The summed E-state index contributed by atoms with van der Waals surface area (Å²) in [5.74, 6) is 0.0844. The van der Waals surface area contributed by atoms with Gasteiger partial charge in [0.2, 0.25) is 0 Å². The fourth-order valence-electron chi connectivity index (χ4n) is 1.90. The Labute approximate surface area is 98.1 Å². The molecule has 1 rings (SSSR count). The minimum absolute atomic E-state index is 0.0844. The van der Waals surface area contributed by atoms with Crippen molar-refractivity contribution in [1.82, 2.24) is 0 Å². The molecule has 1 N–H and O–H groups in total. The molecule has 0 fully saturated rings. The molecule has 0 aliphatic heterocycles. The molecule has 1 nitrogen and oxygen atoms in total. The molecule has 16 heavy (non-hydrogen) atoms. The zero-order valence-corrected chi connectivity index (χ0v) is 10.3. The maximum Gasteiger partial charge on any atom is 0.0540 e. The summed E-state index contributed by atoms with van der Waals surface area (Å²) in [4.78, 5) is 0. The van der Waals surface area contributed by atoms with Crippen LogP contribution in [0.2, 0.25) is 0 Å². The Morgan fingerprint density at radius 2 is 2.12 bits per heavy atom. The summed E-state index contributed by atoms with van der Waals surface area (Å²) < 4.78 is 0. The van der Waals surface area contributed by atoms with Crippen LogP contribution in [0, 0.1) is 6.92 Å². The molecule has 0 heterocycles. The number of benzene rings is 1. The third-order valence-electron chi connectivity index (χ3n) is 2.72. The second-order valence-corrected chi connectivity index (χ2v) is 3.94. The molecule has 0 bridgehead atoms. The van der Waals surface area contributed by atoms with Gasteiger partial charge in [-0.05, 0) is 31.9 Å². The summed E-state index contributed by atoms with van der Waals surface area (Å²) in [7, 11) is 0. The van der Waals surface area contributed by atoms with Crippen molar-refractivity contribution in [2.75, 3.05) is 6.61 Å². The van der Waals surface area contributed by atoms with E-state index in [1.807, 2.05) is 26.0 Å². The predicted molar refractivity (Wildman–Crippen MR) is 69.6 cm³/mol. The van der Waals surface area contributed by atoms with Crippen LogP contribution in [0.25, 0.3) is 0 Å². The first-order valence-electron chi connectivity index (χ1n) is 5.69. The zero-order valence-electron chi connectivity index (χ0n) is 10.3. The Hall–Kier alpha value is -1.34. The summed E-state index contributed by atoms with van der Waals surface area (Å²) >= 11 is 0. The van der Waals surface area contributed by atoms with Gasteiger partial charge in [-0.15, -0.1) is 0 Å². The summed E-state index contributed by atoms with van der Waals surface area (Å²) in [6.45, 7) is 6.22. The summed E-state index contributed by atoms with van der Waals surface area (Å²) in [6, 6.07) is 8.31. The highest BCUT2D eigenvalue weighted by atomic mass is 16.3. The molecule has 1 heteroatoms. The van der Waals surface area contributed by atoms with E-state index in [9.17, 15) is 5.11 Å². The molecule has 0 radical (unpaired) electrons. The Kier molecular flexibility index (Phi) is 5.00. The number of aryl methyl sites for hydroxylation is 1. The zero-order chi connectivity index (χ0) is 12.0. The molecule has 0 aliphatic carbocycles. The summed E-state index contributed by atoms with van der Waals surface area (Å²) in [5, 5.41) is 9.52. The van der Waals surface area contributed by atoms with Crippen molar-refractivity contribution < 1.29 is 5.11 Å². The van der Waals surface area contributed by atoms with Crippen molar-refractivity contribution in [3.63, 3.8) is 0 Å². The smallest absolute Gasteiger partial charge is 0.0540 e. The quantitative estimate of drug-likeness (QED) is 0.762. The Bertz CT molecular complexity index is 388. The van der Waals surface area contributed by atoms with Crippen LogP contribution >= 0.6 is 0 Å². The minimum Gasteiger partial charge on any atom is -0.395 e. The molecule has 0 aromatic heterocycles. The van der Waals surface area contributed by atoms with E-state index in [-0.39, 0.29) is 12.5 Å². The van der Waals surface area contributed by atoms with Crippen LogP contribution in [-0.2, 0) is 0 Å². The number of hydrogen-bond donors (Lipinski definition) is 1. The highest BCUT2D eigenvalue weighted by Gasteiger charge is 2.12. The van der Waals surface area contributed by atoms with Crippen molar-refractivity contribution in [3.8, 4) is 0 Å². The van der Waals surface area contributed by atoms with Gasteiger partial charge in [-0.1, -0.05) is 48.1 Å². The SMILES string of the molecule is C/C=C\C(=C/C)C(CO)c1cccc(C)c1. The number of hydrogen-bond acceptors (Lipinski definition) is 1. The van der Waals surface area contributed by atoms with Gasteiger partial charge in [-0.2, -0.15) is 0 Å². The van der Waals surface area contributed by atoms with Crippen LogP contribution in [0.1, 0.15) is 30.9 Å². The monoisotopic (exact) mass is 216 g/mol. The Morgan fingerprint density at radius 1 is 1.38 bits per heavy atom. The highest BCUT2D eigenvalue weighted by molar-refractivity contribution is 5.36. The number of aliphatic hydroxyl groups excluding tert-OH is 1. The third-order valence-corrected chi connectivity index (χ3v) is 2.72. The average Bonchev–Trinajstić information content (AvgIpc) is 2.29. The summed E-state index contributed by atoms with van der Waals surface area (Å²) in [5.41, 5.74) is 3.57. The van der Waals surface area contributed by atoms with E-state index in [4.69, 9.17) is 0 Å². The van der Waals surface area contributed by atoms with Crippen molar-refractivity contribution >= 4 is 0 Å². The number of rotatable bonds is 4. The second kappa shape index (κ2) is 6.29. The molecule has 86 valence electrons. The topological polar surface area (TPSA) is 20.2 Å². The lowest BCUT2D eigenvalue weighted by Gasteiger charge is -2.16. The van der Waals surface area contributed by atoms with Gasteiger partial charge in [-0.25, -0.2) is 0 Å². The molecular formula is C15H20O. The maximum atomic E-state index is 9.52. The van der Waals surface area contributed by atoms with Crippen LogP contribution in [0.5, 0.6) is 0 Å². The lowest BCUT2D eigenvalue weighted by atomic mass is 9.90. The molecule has 0 spiro atoms. The minimum atomic E-state index is 0.0844. The lowest BCUT2D eigenvalue weighted by Crippen LogP contribution is -2.06. The Balaban J connectivity index is 3.06. The molecule has 1 aromatic rings. The van der Waals surface area contributed by atoms with Crippen molar-refractivity contribution in [2.24, 2.45) is 0 Å². The van der Waals surface area contributed by atoms with Gasteiger partial charge >= 0.3 is 0 Å². The molecule has 0 amide bonds. The van der Waals surface area contributed by atoms with Crippen molar-refractivity contribution in [1.29, 1.82) is 0 Å². The van der Waals surface area contributed by atoms with Crippen molar-refractivity contribution in [3.05, 3.63) is 59.2 Å². The molecule has 1 unspecified atom stereocenters. The standard InChI is InChI=1S/C15H20O/c1-4-7-13(5-2)15(11-16)14-9-6-8-12(3)10-14/h4-10,15-16H,11H2,1-3H3/b7-4-,13-5+. The normalized spacial score (nSPS) is 14.4. The summed E-state index contributed by atoms with van der Waals surface area (Å²) in [6.07, 6.45) is 6.13. The van der Waals surface area contributed by atoms with E-state index in [1.165, 1.54) is 11.1 Å². The first-order valence-corrected chi connectivity index (χ1v) is 5.69. The van der Waals surface area contributed by atoms with E-state index >= 15 is 0 Å². The molecule has 0 aliphatic rings. The first-order chi connectivity index (χ1) is 7.72. The van der Waals surface area contributed by atoms with Gasteiger partial charge in [0.1, 0.15) is 0 Å². The van der Waals surface area contributed by atoms with Crippen LogP contribution in [-0.4, -0.2) is 11.7 Å². The largest absolute Gasteiger partial charge is 0.395 e. The number of aliphatic hydroxyl groups is 1. The Morgan fingerprint density at radius 3 is 2.62 bits per heavy atom. The van der Waals surface area contributed by atoms with E-state index in [0.29, 0.717) is 0 Å². The van der Waals surface area contributed by atoms with Gasteiger partial charge in [0, 0.05) is 5.92 Å². The average molecular weight is 216 g/mol. The van der Waals surface area contributed by atoms with Crippen LogP contribution in [0.4, 0.5) is 0 Å². The van der Waals surface area contributed by atoms with E-state index in [0.717, 1.165) is 5.57 Å². The van der Waals surface area contributed by atoms with Crippen LogP contribution in [0.15, 0.2) is 48.1 Å². The molecule has 1 atom stereocenters. The predicted octanol–water partition coefficient (Wildman–Crippen LogP) is 3.59. The number of allylic oxidation sites excluding steroid dienone is 3. The molecule has 0 saturated carbocycles. The van der Waals surface area contributed by atoms with E-state index in [2.05, 4.69) is 37.3 Å². The fraction of sp³-hybridized carbons (Fsp3) is 0.333. The molecule has 0 saturated heterocycles. The van der Waals surface area contributed by atoms with E-state index in [1.54, 1.807) is 0 Å². The van der Waals surface area contributed by atoms with Crippen LogP contribution in [0.3, 0.4) is 0 Å². The first kappa shape index (κ1) is 12.7. The molecular weight excluding hydrogens is 196 g/mol. The third kappa shape index (κ3) is 3.07. The van der Waals surface area contributed by atoms with Gasteiger partial charge in [0.25, 0.3) is 0 Å². The fourth-order valence-corrected chi connectivity index (χ4v) is 1.90. The van der Waals surface area contributed by atoms with E-state index < -0.39 is 0 Å². The van der Waals surface area contributed by atoms with Crippen molar-refractivity contribution in [2.45, 2.75) is 26.7 Å².